The van der Waals surface area contributed by atoms with Crippen molar-refractivity contribution in [1.29, 1.82) is 0 Å². The van der Waals surface area contributed by atoms with Gasteiger partial charge in [0.2, 0.25) is 5.91 Å². The highest BCUT2D eigenvalue weighted by molar-refractivity contribution is 7.08. The van der Waals surface area contributed by atoms with Gasteiger partial charge in [-0.15, -0.1) is 12.4 Å². The molecule has 1 unspecified atom stereocenters. The van der Waals surface area contributed by atoms with E-state index in [0.717, 1.165) is 25.2 Å². The first-order valence-electron chi connectivity index (χ1n) is 4.87. The van der Waals surface area contributed by atoms with Crippen LogP contribution in [0.2, 0.25) is 0 Å². The Kier molecular flexibility index (Phi) is 5.08. The first-order valence-corrected chi connectivity index (χ1v) is 5.81. The Hall–Kier alpha value is -0.580. The first kappa shape index (κ1) is 12.5. The maximum atomic E-state index is 11.5. The predicted octanol–water partition coefficient (Wildman–Crippen LogP) is 2.11. The van der Waals surface area contributed by atoms with Crippen molar-refractivity contribution in [2.75, 3.05) is 18.4 Å². The number of nitrogens with one attached hydrogen (secondary N) is 2. The summed E-state index contributed by atoms with van der Waals surface area (Å²) in [7, 11) is 0. The van der Waals surface area contributed by atoms with Crippen molar-refractivity contribution < 1.29 is 4.79 Å². The smallest absolute Gasteiger partial charge is 0.224 e. The second-order valence-corrected chi connectivity index (χ2v) is 4.40. The van der Waals surface area contributed by atoms with Crippen LogP contribution in [0.5, 0.6) is 0 Å². The standard InChI is InChI=1S/C10H14N2OS.ClH/c13-10(5-8-1-3-11-6-8)12-9-2-4-14-7-9;/h2,4,7-8,11H,1,3,5-6H2,(H,12,13);1H. The van der Waals surface area contributed by atoms with Crippen LogP contribution in [0.1, 0.15) is 12.8 Å². The average molecular weight is 247 g/mol. The molecule has 2 heterocycles. The monoisotopic (exact) mass is 246 g/mol. The molecule has 1 saturated heterocycles. The van der Waals surface area contributed by atoms with Gasteiger partial charge in [0.25, 0.3) is 0 Å². The molecule has 1 aliphatic heterocycles. The van der Waals surface area contributed by atoms with Gasteiger partial charge < -0.3 is 10.6 Å². The third kappa shape index (κ3) is 3.81. The quantitative estimate of drug-likeness (QED) is 0.858. The van der Waals surface area contributed by atoms with Crippen molar-refractivity contribution in [3.8, 4) is 0 Å². The topological polar surface area (TPSA) is 41.1 Å². The largest absolute Gasteiger partial charge is 0.325 e. The number of hydrogen-bond acceptors (Lipinski definition) is 3. The summed E-state index contributed by atoms with van der Waals surface area (Å²) in [4.78, 5) is 11.5. The second-order valence-electron chi connectivity index (χ2n) is 3.62. The molecule has 0 aromatic carbocycles. The molecule has 1 aliphatic rings. The third-order valence-electron chi connectivity index (χ3n) is 2.44. The Morgan fingerprint density at radius 3 is 3.13 bits per heavy atom. The summed E-state index contributed by atoms with van der Waals surface area (Å²) in [5.41, 5.74) is 0.922. The van der Waals surface area contributed by atoms with Gasteiger partial charge in [-0.05, 0) is 36.9 Å². The lowest BCUT2D eigenvalue weighted by atomic mass is 10.0. The molecule has 84 valence electrons. The van der Waals surface area contributed by atoms with E-state index in [1.807, 2.05) is 16.8 Å². The SMILES string of the molecule is Cl.O=C(CC1CCNC1)Nc1ccsc1. The lowest BCUT2D eigenvalue weighted by Gasteiger charge is -2.07. The zero-order chi connectivity index (χ0) is 9.80. The van der Waals surface area contributed by atoms with Crippen LogP contribution in [-0.2, 0) is 4.79 Å². The molecule has 1 aromatic heterocycles. The molecule has 1 atom stereocenters. The van der Waals surface area contributed by atoms with E-state index in [2.05, 4.69) is 10.6 Å². The third-order valence-corrected chi connectivity index (χ3v) is 3.12. The minimum Gasteiger partial charge on any atom is -0.325 e. The van der Waals surface area contributed by atoms with Crippen LogP contribution in [-0.4, -0.2) is 19.0 Å². The van der Waals surface area contributed by atoms with E-state index in [9.17, 15) is 4.79 Å². The highest BCUT2D eigenvalue weighted by atomic mass is 35.5. The molecule has 15 heavy (non-hydrogen) atoms. The fourth-order valence-electron chi connectivity index (χ4n) is 1.70. The minimum atomic E-state index is 0. The molecule has 2 N–H and O–H groups in total. The summed E-state index contributed by atoms with van der Waals surface area (Å²) in [6.45, 7) is 2.04. The molecular weight excluding hydrogens is 232 g/mol. The number of hydrogen-bond donors (Lipinski definition) is 2. The Balaban J connectivity index is 0.00000112. The molecule has 1 amide bonds. The molecule has 0 saturated carbocycles. The summed E-state index contributed by atoms with van der Waals surface area (Å²) in [6, 6.07) is 1.93. The van der Waals surface area contributed by atoms with Crippen molar-refractivity contribution in [3.63, 3.8) is 0 Å². The van der Waals surface area contributed by atoms with E-state index >= 15 is 0 Å². The Bertz CT molecular complexity index is 296. The Morgan fingerprint density at radius 1 is 1.67 bits per heavy atom. The van der Waals surface area contributed by atoms with Crippen LogP contribution in [0.15, 0.2) is 16.8 Å². The van der Waals surface area contributed by atoms with Crippen LogP contribution in [0, 0.1) is 5.92 Å². The zero-order valence-corrected chi connectivity index (χ0v) is 10.00. The van der Waals surface area contributed by atoms with Crippen LogP contribution in [0.4, 0.5) is 5.69 Å². The van der Waals surface area contributed by atoms with E-state index < -0.39 is 0 Å². The number of thiophene rings is 1. The first-order chi connectivity index (χ1) is 6.84. The van der Waals surface area contributed by atoms with Crippen molar-refractivity contribution in [2.24, 2.45) is 5.92 Å². The number of amides is 1. The van der Waals surface area contributed by atoms with E-state index in [1.165, 1.54) is 0 Å². The summed E-state index contributed by atoms with van der Waals surface area (Å²) in [6.07, 6.45) is 1.76. The fraction of sp³-hybridized carbons (Fsp3) is 0.500. The van der Waals surface area contributed by atoms with Gasteiger partial charge in [-0.25, -0.2) is 0 Å². The van der Waals surface area contributed by atoms with Gasteiger partial charge in [-0.1, -0.05) is 0 Å². The lowest BCUT2D eigenvalue weighted by molar-refractivity contribution is -0.116. The normalized spacial score (nSPS) is 19.6. The number of carbonyl (C=O) groups is 1. The molecule has 0 spiro atoms. The number of anilines is 1. The summed E-state index contributed by atoms with van der Waals surface area (Å²) in [5.74, 6) is 0.658. The molecular formula is C10H15ClN2OS. The summed E-state index contributed by atoms with van der Waals surface area (Å²) >= 11 is 1.60. The zero-order valence-electron chi connectivity index (χ0n) is 8.36. The number of halogens is 1. The van der Waals surface area contributed by atoms with Crippen LogP contribution < -0.4 is 10.6 Å². The van der Waals surface area contributed by atoms with Crippen LogP contribution in [0.3, 0.4) is 0 Å². The molecule has 3 nitrogen and oxygen atoms in total. The molecule has 2 rings (SSSR count). The molecule has 1 aromatic rings. The van der Waals surface area contributed by atoms with Gasteiger partial charge in [0.05, 0.1) is 5.69 Å². The second kappa shape index (κ2) is 6.10. The van der Waals surface area contributed by atoms with Gasteiger partial charge in [-0.3, -0.25) is 4.79 Å². The van der Waals surface area contributed by atoms with Crippen LogP contribution >= 0.6 is 23.7 Å². The average Bonchev–Trinajstić information content (AvgIpc) is 2.76. The molecule has 0 bridgehead atoms. The molecule has 0 radical (unpaired) electrons. The van der Waals surface area contributed by atoms with Crippen molar-refractivity contribution in [2.45, 2.75) is 12.8 Å². The molecule has 1 fully saturated rings. The minimum absolute atomic E-state index is 0. The predicted molar refractivity (Wildman–Crippen MR) is 65.8 cm³/mol. The number of carbonyl (C=O) groups excluding carboxylic acids is 1. The van der Waals surface area contributed by atoms with E-state index in [-0.39, 0.29) is 18.3 Å². The Labute approximate surface area is 99.7 Å². The van der Waals surface area contributed by atoms with Crippen molar-refractivity contribution in [1.82, 2.24) is 5.32 Å². The highest BCUT2D eigenvalue weighted by Gasteiger charge is 2.17. The van der Waals surface area contributed by atoms with Gasteiger partial charge in [-0.2, -0.15) is 11.3 Å². The highest BCUT2D eigenvalue weighted by Crippen LogP contribution is 2.15. The van der Waals surface area contributed by atoms with Gasteiger partial charge in [0.15, 0.2) is 0 Å². The number of rotatable bonds is 3. The van der Waals surface area contributed by atoms with Gasteiger partial charge in [0.1, 0.15) is 0 Å². The van der Waals surface area contributed by atoms with E-state index in [0.29, 0.717) is 12.3 Å². The maximum absolute atomic E-state index is 11.5. The van der Waals surface area contributed by atoms with Gasteiger partial charge in [0, 0.05) is 11.8 Å². The van der Waals surface area contributed by atoms with Crippen molar-refractivity contribution >= 4 is 35.3 Å². The maximum Gasteiger partial charge on any atom is 0.224 e. The Morgan fingerprint density at radius 2 is 2.53 bits per heavy atom. The fourth-order valence-corrected chi connectivity index (χ4v) is 2.29. The molecule has 5 heteroatoms. The van der Waals surface area contributed by atoms with Crippen molar-refractivity contribution in [3.05, 3.63) is 16.8 Å². The summed E-state index contributed by atoms with van der Waals surface area (Å²) < 4.78 is 0. The van der Waals surface area contributed by atoms with E-state index in [4.69, 9.17) is 0 Å². The lowest BCUT2D eigenvalue weighted by Crippen LogP contribution is -2.17. The van der Waals surface area contributed by atoms with Gasteiger partial charge >= 0.3 is 0 Å². The van der Waals surface area contributed by atoms with Crippen LogP contribution in [0.25, 0.3) is 0 Å². The van der Waals surface area contributed by atoms with E-state index in [1.54, 1.807) is 11.3 Å². The molecule has 0 aliphatic carbocycles. The summed E-state index contributed by atoms with van der Waals surface area (Å²) in [5, 5.41) is 10.1.